The van der Waals surface area contributed by atoms with Crippen molar-refractivity contribution in [3.8, 4) is 5.88 Å². The molecule has 0 spiro atoms. The summed E-state index contributed by atoms with van der Waals surface area (Å²) < 4.78 is 5.76. The summed E-state index contributed by atoms with van der Waals surface area (Å²) in [6.07, 6.45) is 3.00. The van der Waals surface area contributed by atoms with Gasteiger partial charge in [-0.15, -0.1) is 0 Å². The van der Waals surface area contributed by atoms with Crippen LogP contribution in [0.4, 0.5) is 5.82 Å². The third kappa shape index (κ3) is 5.02. The maximum Gasteiger partial charge on any atom is 0.218 e. The average molecular weight is 237 g/mol. The zero-order chi connectivity index (χ0) is 12.8. The Morgan fingerprint density at radius 3 is 2.59 bits per heavy atom. The van der Waals surface area contributed by atoms with E-state index in [1.54, 1.807) is 6.07 Å². The molecule has 4 heteroatoms. The molecule has 0 aliphatic heterocycles. The van der Waals surface area contributed by atoms with Gasteiger partial charge >= 0.3 is 0 Å². The summed E-state index contributed by atoms with van der Waals surface area (Å²) in [6, 6.07) is 1.69. The predicted octanol–water partition coefficient (Wildman–Crippen LogP) is 2.82. The summed E-state index contributed by atoms with van der Waals surface area (Å²) in [5.41, 5.74) is 5.74. The van der Waals surface area contributed by atoms with Crippen molar-refractivity contribution in [2.24, 2.45) is 5.92 Å². The van der Waals surface area contributed by atoms with Crippen LogP contribution in [0.5, 0.6) is 5.88 Å². The highest BCUT2D eigenvalue weighted by atomic mass is 16.5. The highest BCUT2D eigenvalue weighted by Crippen LogP contribution is 2.16. The Morgan fingerprint density at radius 1 is 1.29 bits per heavy atom. The molecule has 2 N–H and O–H groups in total. The lowest BCUT2D eigenvalue weighted by Crippen LogP contribution is -2.16. The molecule has 0 bridgehead atoms. The number of aromatic nitrogens is 2. The van der Waals surface area contributed by atoms with Gasteiger partial charge in [-0.2, -0.15) is 4.98 Å². The number of nitrogens with two attached hydrogens (primary N) is 1. The van der Waals surface area contributed by atoms with Crippen LogP contribution in [-0.4, -0.2) is 16.1 Å². The molecule has 0 radical (unpaired) electrons. The molecule has 0 fully saturated rings. The first-order valence-corrected chi connectivity index (χ1v) is 6.31. The molecule has 0 saturated carbocycles. The second-order valence-electron chi connectivity index (χ2n) is 4.86. The number of ether oxygens (including phenoxy) is 1. The minimum Gasteiger partial charge on any atom is -0.474 e. The first kappa shape index (κ1) is 13.7. The number of hydrogen-bond acceptors (Lipinski definition) is 4. The largest absolute Gasteiger partial charge is 0.474 e. The summed E-state index contributed by atoms with van der Waals surface area (Å²) in [4.78, 5) is 8.54. The van der Waals surface area contributed by atoms with Gasteiger partial charge in [-0.1, -0.05) is 20.8 Å². The Morgan fingerprint density at radius 2 is 2.00 bits per heavy atom. The molecule has 1 unspecified atom stereocenters. The van der Waals surface area contributed by atoms with Gasteiger partial charge < -0.3 is 10.5 Å². The minimum atomic E-state index is 0.152. The standard InChI is InChI=1S/C13H23N3O/c1-5-6-12-15-11(14)8-13(16-12)17-10(4)7-9(2)3/h8-10H,5-7H2,1-4H3,(H2,14,15,16). The molecular weight excluding hydrogens is 214 g/mol. The van der Waals surface area contributed by atoms with Crippen molar-refractivity contribution in [3.63, 3.8) is 0 Å². The Labute approximate surface area is 104 Å². The van der Waals surface area contributed by atoms with E-state index < -0.39 is 0 Å². The first-order valence-electron chi connectivity index (χ1n) is 6.31. The predicted molar refractivity (Wildman–Crippen MR) is 70.0 cm³/mol. The topological polar surface area (TPSA) is 61.0 Å². The average Bonchev–Trinajstić information content (AvgIpc) is 2.14. The maximum absolute atomic E-state index is 5.76. The van der Waals surface area contributed by atoms with Crippen molar-refractivity contribution in [1.82, 2.24) is 9.97 Å². The van der Waals surface area contributed by atoms with Gasteiger partial charge in [0.25, 0.3) is 0 Å². The number of nitrogens with zero attached hydrogens (tertiary/aromatic N) is 2. The Bertz CT molecular complexity index is 353. The monoisotopic (exact) mass is 237 g/mol. The van der Waals surface area contributed by atoms with Crippen LogP contribution < -0.4 is 10.5 Å². The maximum atomic E-state index is 5.76. The first-order chi connectivity index (χ1) is 8.01. The fraction of sp³-hybridized carbons (Fsp3) is 0.692. The van der Waals surface area contributed by atoms with E-state index in [1.807, 2.05) is 0 Å². The third-order valence-electron chi connectivity index (χ3n) is 2.37. The molecule has 1 rings (SSSR count). The van der Waals surface area contributed by atoms with Crippen molar-refractivity contribution in [2.75, 3.05) is 5.73 Å². The van der Waals surface area contributed by atoms with E-state index >= 15 is 0 Å². The lowest BCUT2D eigenvalue weighted by atomic mass is 10.1. The van der Waals surface area contributed by atoms with Crippen LogP contribution in [0.15, 0.2) is 6.07 Å². The Hall–Kier alpha value is -1.32. The number of nitrogen functional groups attached to an aromatic ring is 1. The molecule has 96 valence electrons. The van der Waals surface area contributed by atoms with Crippen LogP contribution in [0, 0.1) is 5.92 Å². The summed E-state index contributed by atoms with van der Waals surface area (Å²) in [7, 11) is 0. The second-order valence-corrected chi connectivity index (χ2v) is 4.86. The van der Waals surface area contributed by atoms with Crippen molar-refractivity contribution in [2.45, 2.75) is 53.1 Å². The lowest BCUT2D eigenvalue weighted by molar-refractivity contribution is 0.185. The van der Waals surface area contributed by atoms with Gasteiger partial charge in [-0.05, 0) is 25.7 Å². The van der Waals surface area contributed by atoms with E-state index in [1.165, 1.54) is 0 Å². The summed E-state index contributed by atoms with van der Waals surface area (Å²) in [5.74, 6) is 2.45. The van der Waals surface area contributed by atoms with Crippen LogP contribution in [0.2, 0.25) is 0 Å². The normalized spacial score (nSPS) is 12.8. The molecular formula is C13H23N3O. The fourth-order valence-electron chi connectivity index (χ4n) is 1.81. The van der Waals surface area contributed by atoms with Crippen molar-refractivity contribution in [1.29, 1.82) is 0 Å². The number of hydrogen-bond donors (Lipinski definition) is 1. The number of aryl methyl sites for hydroxylation is 1. The van der Waals surface area contributed by atoms with Gasteiger partial charge in [0, 0.05) is 12.5 Å². The molecule has 1 heterocycles. The number of anilines is 1. The van der Waals surface area contributed by atoms with E-state index in [0.717, 1.165) is 25.1 Å². The molecule has 0 aliphatic carbocycles. The van der Waals surface area contributed by atoms with Gasteiger partial charge in [0.05, 0.1) is 6.10 Å². The van der Waals surface area contributed by atoms with Crippen LogP contribution in [-0.2, 0) is 6.42 Å². The quantitative estimate of drug-likeness (QED) is 0.826. The molecule has 4 nitrogen and oxygen atoms in total. The molecule has 1 aromatic rings. The SMILES string of the molecule is CCCc1nc(N)cc(OC(C)CC(C)C)n1. The van der Waals surface area contributed by atoms with Crippen molar-refractivity contribution >= 4 is 5.82 Å². The highest BCUT2D eigenvalue weighted by Gasteiger charge is 2.09. The lowest BCUT2D eigenvalue weighted by Gasteiger charge is -2.16. The second kappa shape index (κ2) is 6.42. The third-order valence-corrected chi connectivity index (χ3v) is 2.37. The van der Waals surface area contributed by atoms with E-state index in [4.69, 9.17) is 10.5 Å². The molecule has 1 atom stereocenters. The van der Waals surface area contributed by atoms with E-state index in [0.29, 0.717) is 17.6 Å². The van der Waals surface area contributed by atoms with Gasteiger partial charge in [0.15, 0.2) is 0 Å². The summed E-state index contributed by atoms with van der Waals surface area (Å²) in [5, 5.41) is 0. The van der Waals surface area contributed by atoms with Crippen LogP contribution in [0.1, 0.15) is 46.4 Å². The van der Waals surface area contributed by atoms with Crippen molar-refractivity contribution in [3.05, 3.63) is 11.9 Å². The molecule has 1 aromatic heterocycles. The van der Waals surface area contributed by atoms with Crippen LogP contribution in [0.3, 0.4) is 0 Å². The zero-order valence-electron chi connectivity index (χ0n) is 11.2. The van der Waals surface area contributed by atoms with Crippen LogP contribution in [0.25, 0.3) is 0 Å². The van der Waals surface area contributed by atoms with E-state index in [-0.39, 0.29) is 6.10 Å². The molecule has 0 aliphatic rings. The molecule has 0 amide bonds. The van der Waals surface area contributed by atoms with Crippen molar-refractivity contribution < 1.29 is 4.74 Å². The summed E-state index contributed by atoms with van der Waals surface area (Å²) in [6.45, 7) is 8.50. The fourth-order valence-corrected chi connectivity index (χ4v) is 1.81. The van der Waals surface area contributed by atoms with E-state index in [9.17, 15) is 0 Å². The Kier molecular flexibility index (Phi) is 5.19. The zero-order valence-corrected chi connectivity index (χ0v) is 11.2. The van der Waals surface area contributed by atoms with Gasteiger partial charge in [-0.25, -0.2) is 4.98 Å². The van der Waals surface area contributed by atoms with Gasteiger partial charge in [0.1, 0.15) is 11.6 Å². The summed E-state index contributed by atoms with van der Waals surface area (Å²) >= 11 is 0. The smallest absolute Gasteiger partial charge is 0.218 e. The molecule has 0 saturated heterocycles. The Balaban J connectivity index is 2.69. The number of rotatable bonds is 6. The molecule has 17 heavy (non-hydrogen) atoms. The van der Waals surface area contributed by atoms with E-state index in [2.05, 4.69) is 37.7 Å². The van der Waals surface area contributed by atoms with Gasteiger partial charge in [-0.3, -0.25) is 0 Å². The molecule has 0 aromatic carbocycles. The van der Waals surface area contributed by atoms with Crippen LogP contribution >= 0.6 is 0 Å². The minimum absolute atomic E-state index is 0.152. The highest BCUT2D eigenvalue weighted by molar-refractivity contribution is 5.32. The van der Waals surface area contributed by atoms with Gasteiger partial charge in [0.2, 0.25) is 5.88 Å².